The highest BCUT2D eigenvalue weighted by molar-refractivity contribution is 7.47. The van der Waals surface area contributed by atoms with Gasteiger partial charge in [-0.2, -0.15) is 0 Å². The minimum atomic E-state index is -4.96. The van der Waals surface area contributed by atoms with Crippen LogP contribution in [0.3, 0.4) is 0 Å². The molecule has 0 heterocycles. The molecule has 0 aliphatic heterocycles. The molecule has 99 heavy (non-hydrogen) atoms. The molecule has 0 aromatic carbocycles. The Morgan fingerprint density at radius 1 is 0.293 bits per heavy atom. The van der Waals surface area contributed by atoms with Crippen LogP contribution in [0.5, 0.6) is 0 Å². The van der Waals surface area contributed by atoms with E-state index >= 15 is 0 Å². The molecule has 0 bridgehead atoms. The van der Waals surface area contributed by atoms with Crippen molar-refractivity contribution in [2.45, 2.75) is 433 Å². The van der Waals surface area contributed by atoms with Gasteiger partial charge in [0.25, 0.3) is 0 Å². The van der Waals surface area contributed by atoms with Gasteiger partial charge in [-0.3, -0.25) is 37.3 Å². The molecule has 6 atom stereocenters. The summed E-state index contributed by atoms with van der Waals surface area (Å²) in [4.78, 5) is 73.0. The van der Waals surface area contributed by atoms with Crippen LogP contribution in [-0.2, 0) is 65.4 Å². The second-order valence-corrected chi connectivity index (χ2v) is 32.9. The fourth-order valence-corrected chi connectivity index (χ4v) is 13.9. The number of carbonyl (C=O) groups is 4. The van der Waals surface area contributed by atoms with Crippen molar-refractivity contribution in [1.82, 2.24) is 0 Å². The third-order valence-electron chi connectivity index (χ3n) is 19.0. The van der Waals surface area contributed by atoms with Crippen molar-refractivity contribution in [3.05, 3.63) is 0 Å². The number of phosphoric acid groups is 2. The number of aliphatic hydroxyl groups excluding tert-OH is 1. The van der Waals surface area contributed by atoms with E-state index in [1.165, 1.54) is 225 Å². The third-order valence-corrected chi connectivity index (χ3v) is 20.9. The molecule has 0 rings (SSSR count). The van der Waals surface area contributed by atoms with Crippen molar-refractivity contribution in [3.63, 3.8) is 0 Å². The Labute approximate surface area is 607 Å². The van der Waals surface area contributed by atoms with Gasteiger partial charge in [0.2, 0.25) is 0 Å². The lowest BCUT2D eigenvalue weighted by Crippen LogP contribution is -2.30. The van der Waals surface area contributed by atoms with E-state index in [0.29, 0.717) is 25.7 Å². The number of phosphoric ester groups is 2. The molecule has 0 radical (unpaired) electrons. The maximum Gasteiger partial charge on any atom is 0.472 e. The van der Waals surface area contributed by atoms with Crippen LogP contribution in [0.25, 0.3) is 0 Å². The molecular formula is C80H156O17P2. The SMILES string of the molecule is CCCCCCCCCCCCCCC(=O)OC[C@H](COP(=O)(O)OC[C@H](O)COP(=O)(O)OC[C@@H](COC(=O)CCCCCCCCCCCCCCCC(C)C)OC(=O)CCCCCCCCCCCCCCCCC(C)C)OC(=O)CCCCCCCCCCCCC(C)CC. The second-order valence-electron chi connectivity index (χ2n) is 30.0. The van der Waals surface area contributed by atoms with Crippen molar-refractivity contribution in [2.75, 3.05) is 39.6 Å². The van der Waals surface area contributed by atoms with Crippen LogP contribution in [0.4, 0.5) is 0 Å². The summed E-state index contributed by atoms with van der Waals surface area (Å²) in [5.74, 6) is 0.279. The molecule has 0 aliphatic rings. The molecule has 19 heteroatoms. The van der Waals surface area contributed by atoms with Gasteiger partial charge >= 0.3 is 39.5 Å². The van der Waals surface area contributed by atoms with Gasteiger partial charge in [-0.25, -0.2) is 9.13 Å². The van der Waals surface area contributed by atoms with E-state index in [-0.39, 0.29) is 25.7 Å². The van der Waals surface area contributed by atoms with Crippen LogP contribution in [0, 0.1) is 17.8 Å². The number of unbranched alkanes of at least 4 members (excludes halogenated alkanes) is 45. The zero-order chi connectivity index (χ0) is 73.0. The highest BCUT2D eigenvalue weighted by atomic mass is 31.2. The molecule has 0 fully saturated rings. The van der Waals surface area contributed by atoms with Gasteiger partial charge in [-0.15, -0.1) is 0 Å². The van der Waals surface area contributed by atoms with E-state index in [1.54, 1.807) is 0 Å². The van der Waals surface area contributed by atoms with Gasteiger partial charge < -0.3 is 33.8 Å². The summed E-state index contributed by atoms with van der Waals surface area (Å²) in [6.45, 7) is 12.0. The molecule has 0 aromatic heterocycles. The zero-order valence-electron chi connectivity index (χ0n) is 65.0. The Morgan fingerprint density at radius 3 is 0.768 bits per heavy atom. The van der Waals surface area contributed by atoms with Gasteiger partial charge in [0.05, 0.1) is 26.4 Å². The number of ether oxygens (including phenoxy) is 4. The quantitative estimate of drug-likeness (QED) is 0.0222. The maximum absolute atomic E-state index is 13.1. The molecule has 0 aromatic rings. The van der Waals surface area contributed by atoms with Crippen LogP contribution in [0.2, 0.25) is 0 Å². The molecule has 0 saturated heterocycles. The largest absolute Gasteiger partial charge is 0.472 e. The van der Waals surface area contributed by atoms with Crippen molar-refractivity contribution >= 4 is 39.5 Å². The predicted molar refractivity (Wildman–Crippen MR) is 405 cm³/mol. The first-order valence-corrected chi connectivity index (χ1v) is 44.4. The summed E-state index contributed by atoms with van der Waals surface area (Å²) < 4.78 is 68.7. The van der Waals surface area contributed by atoms with Crippen molar-refractivity contribution < 1.29 is 80.2 Å². The lowest BCUT2D eigenvalue weighted by atomic mass is 9.99. The third kappa shape index (κ3) is 72.8. The fourth-order valence-electron chi connectivity index (χ4n) is 12.3. The first-order chi connectivity index (χ1) is 47.8. The molecule has 3 N–H and O–H groups in total. The standard InChI is InChI=1S/C80H156O17P2/c1-8-10-11-12-13-14-15-25-33-40-47-54-61-77(82)90-68-76(97-80(85)64-57-50-43-36-29-28-32-39-46-53-60-73(7)9-2)70-95-99(88,89)93-66-74(81)65-92-98(86,87)94-69-75(67-91-78(83)62-55-48-41-34-26-22-18-20-24-31-38-45-52-59-72(5)6)96-79(84)63-56-49-42-35-27-21-17-16-19-23-30-37-44-51-58-71(3)4/h71-76,81H,8-70H2,1-7H3,(H,86,87)(H,88,89)/t73?,74-,75-,76-/m1/s1. The highest BCUT2D eigenvalue weighted by Gasteiger charge is 2.30. The lowest BCUT2D eigenvalue weighted by molar-refractivity contribution is -0.161. The van der Waals surface area contributed by atoms with Crippen LogP contribution < -0.4 is 0 Å². The van der Waals surface area contributed by atoms with Crippen LogP contribution in [-0.4, -0.2) is 96.7 Å². The predicted octanol–water partition coefficient (Wildman–Crippen LogP) is 23.7. The van der Waals surface area contributed by atoms with Gasteiger partial charge in [0.15, 0.2) is 12.2 Å². The monoisotopic (exact) mass is 1450 g/mol. The Morgan fingerprint density at radius 2 is 0.515 bits per heavy atom. The molecule has 0 amide bonds. The zero-order valence-corrected chi connectivity index (χ0v) is 66.8. The number of carbonyl (C=O) groups excluding carboxylic acids is 4. The number of rotatable bonds is 78. The number of esters is 4. The minimum absolute atomic E-state index is 0.107. The summed E-state index contributed by atoms with van der Waals surface area (Å²) in [5, 5.41) is 10.6. The molecule has 3 unspecified atom stereocenters. The normalized spacial score (nSPS) is 14.3. The summed E-state index contributed by atoms with van der Waals surface area (Å²) in [6, 6.07) is 0. The topological polar surface area (TPSA) is 237 Å². The van der Waals surface area contributed by atoms with Gasteiger partial charge in [-0.1, -0.05) is 363 Å². The minimum Gasteiger partial charge on any atom is -0.462 e. The Kier molecular flexibility index (Phi) is 69.0. The van der Waals surface area contributed by atoms with Crippen molar-refractivity contribution in [1.29, 1.82) is 0 Å². The summed E-state index contributed by atoms with van der Waals surface area (Å²) >= 11 is 0. The summed E-state index contributed by atoms with van der Waals surface area (Å²) in [6.07, 6.45) is 58.0. The number of aliphatic hydroxyl groups is 1. The first-order valence-electron chi connectivity index (χ1n) is 41.4. The number of hydrogen-bond donors (Lipinski definition) is 3. The molecule has 0 spiro atoms. The average molecular weight is 1450 g/mol. The van der Waals surface area contributed by atoms with Crippen LogP contribution in [0.15, 0.2) is 0 Å². The average Bonchev–Trinajstić information content (AvgIpc) is 1.35. The van der Waals surface area contributed by atoms with E-state index in [0.717, 1.165) is 108 Å². The van der Waals surface area contributed by atoms with Gasteiger partial charge in [-0.05, 0) is 43.4 Å². The molecule has 588 valence electrons. The number of hydrogen-bond acceptors (Lipinski definition) is 15. The molecule has 0 saturated carbocycles. The molecule has 0 aliphatic carbocycles. The van der Waals surface area contributed by atoms with Crippen molar-refractivity contribution in [3.8, 4) is 0 Å². The van der Waals surface area contributed by atoms with E-state index in [9.17, 15) is 43.2 Å². The fraction of sp³-hybridized carbons (Fsp3) is 0.950. The summed E-state index contributed by atoms with van der Waals surface area (Å²) in [5.41, 5.74) is 0. The van der Waals surface area contributed by atoms with Gasteiger partial charge in [0.1, 0.15) is 19.3 Å². The van der Waals surface area contributed by atoms with Gasteiger partial charge in [0, 0.05) is 25.7 Å². The van der Waals surface area contributed by atoms with Crippen LogP contribution in [0.1, 0.15) is 414 Å². The van der Waals surface area contributed by atoms with Crippen molar-refractivity contribution in [2.24, 2.45) is 17.8 Å². The molecule has 17 nitrogen and oxygen atoms in total. The second kappa shape index (κ2) is 70.4. The van der Waals surface area contributed by atoms with Crippen LogP contribution >= 0.6 is 15.6 Å². The molecular weight excluding hydrogens is 1290 g/mol. The van der Waals surface area contributed by atoms with E-state index < -0.39 is 97.5 Å². The smallest absolute Gasteiger partial charge is 0.462 e. The Balaban J connectivity index is 5.27. The van der Waals surface area contributed by atoms with E-state index in [1.807, 2.05) is 0 Å². The van der Waals surface area contributed by atoms with E-state index in [2.05, 4.69) is 48.5 Å². The Bertz CT molecular complexity index is 1920. The highest BCUT2D eigenvalue weighted by Crippen LogP contribution is 2.45. The summed E-state index contributed by atoms with van der Waals surface area (Å²) in [7, 11) is -9.92. The van der Waals surface area contributed by atoms with E-state index in [4.69, 9.17) is 37.0 Å². The first kappa shape index (κ1) is 97.1. The lowest BCUT2D eigenvalue weighted by Gasteiger charge is -2.21. The maximum atomic E-state index is 13.1. The Hall–Kier alpha value is -1.94.